The van der Waals surface area contributed by atoms with Gasteiger partial charge in [0.25, 0.3) is 0 Å². The Bertz CT molecular complexity index is 432. The Morgan fingerprint density at radius 2 is 1.16 bits per heavy atom. The first-order chi connectivity index (χ1) is 9.35. The van der Waals surface area contributed by atoms with Gasteiger partial charge in [-0.15, -0.1) is 0 Å². The van der Waals surface area contributed by atoms with E-state index >= 15 is 0 Å². The molecular weight excluding hydrogens is 259 g/mol. The normalized spacial score (nSPS) is 11.2. The quantitative estimate of drug-likeness (QED) is 0.736. The lowest BCUT2D eigenvalue weighted by atomic mass is 10.0. The van der Waals surface area contributed by atoms with Crippen molar-refractivity contribution < 1.29 is 13.6 Å². The molecule has 0 fully saturated rings. The van der Waals surface area contributed by atoms with Crippen molar-refractivity contribution in [1.29, 1.82) is 0 Å². The molecule has 0 aliphatic rings. The number of hydrogen-bond donors (Lipinski definition) is 0. The third-order valence-electron chi connectivity index (χ3n) is 2.69. The van der Waals surface area contributed by atoms with Crippen molar-refractivity contribution in [1.82, 2.24) is 0 Å². The third kappa shape index (κ3) is 3.85. The highest BCUT2D eigenvalue weighted by Gasteiger charge is 2.20. The molecule has 0 aliphatic carbocycles. The standard InChI is InChI=1S/C15H17O3P/c1-16-19(17-2)18-15(13-9-5-3-6-10-13)14-11-7-4-8-12-14/h3-12,15H,1-2H3. The number of benzene rings is 2. The highest BCUT2D eigenvalue weighted by Crippen LogP contribution is 2.45. The predicted molar refractivity (Wildman–Crippen MR) is 76.8 cm³/mol. The average molecular weight is 276 g/mol. The molecule has 2 aromatic carbocycles. The molecule has 0 atom stereocenters. The van der Waals surface area contributed by atoms with Crippen LogP contribution in [-0.4, -0.2) is 14.2 Å². The van der Waals surface area contributed by atoms with E-state index in [1.807, 2.05) is 60.7 Å². The first-order valence-electron chi connectivity index (χ1n) is 6.00. The van der Waals surface area contributed by atoms with Crippen LogP contribution >= 0.6 is 8.60 Å². The summed E-state index contributed by atoms with van der Waals surface area (Å²) in [4.78, 5) is 0. The van der Waals surface area contributed by atoms with E-state index in [0.717, 1.165) is 11.1 Å². The molecule has 2 rings (SSSR count). The van der Waals surface area contributed by atoms with Crippen LogP contribution in [0.1, 0.15) is 17.2 Å². The number of hydrogen-bond acceptors (Lipinski definition) is 3. The van der Waals surface area contributed by atoms with Crippen molar-refractivity contribution in [3.8, 4) is 0 Å². The third-order valence-corrected chi connectivity index (χ3v) is 3.67. The van der Waals surface area contributed by atoms with Gasteiger partial charge in [0.2, 0.25) is 0 Å². The van der Waals surface area contributed by atoms with Crippen molar-refractivity contribution in [3.63, 3.8) is 0 Å². The van der Waals surface area contributed by atoms with Crippen LogP contribution in [0, 0.1) is 0 Å². The molecule has 0 saturated carbocycles. The van der Waals surface area contributed by atoms with Gasteiger partial charge in [-0.3, -0.25) is 4.52 Å². The van der Waals surface area contributed by atoms with Crippen molar-refractivity contribution >= 4 is 8.60 Å². The van der Waals surface area contributed by atoms with E-state index in [4.69, 9.17) is 13.6 Å². The summed E-state index contributed by atoms with van der Waals surface area (Å²) in [7, 11) is 1.83. The summed E-state index contributed by atoms with van der Waals surface area (Å²) in [5.41, 5.74) is 2.16. The summed E-state index contributed by atoms with van der Waals surface area (Å²) in [6, 6.07) is 20.1. The monoisotopic (exact) mass is 276 g/mol. The van der Waals surface area contributed by atoms with E-state index in [9.17, 15) is 0 Å². The predicted octanol–water partition coefficient (Wildman–Crippen LogP) is 4.31. The minimum atomic E-state index is -1.34. The second-order valence-electron chi connectivity index (χ2n) is 3.90. The molecule has 0 amide bonds. The highest BCUT2D eigenvalue weighted by atomic mass is 31.2. The fourth-order valence-electron chi connectivity index (χ4n) is 1.82. The fraction of sp³-hybridized carbons (Fsp3) is 0.200. The van der Waals surface area contributed by atoms with Crippen molar-refractivity contribution in [2.24, 2.45) is 0 Å². The van der Waals surface area contributed by atoms with Crippen LogP contribution in [0.2, 0.25) is 0 Å². The molecule has 0 radical (unpaired) electrons. The molecule has 19 heavy (non-hydrogen) atoms. The zero-order chi connectivity index (χ0) is 13.5. The molecule has 0 aromatic heterocycles. The largest absolute Gasteiger partial charge is 0.333 e. The second-order valence-corrected chi connectivity index (χ2v) is 5.28. The van der Waals surface area contributed by atoms with Gasteiger partial charge >= 0.3 is 8.60 Å². The molecule has 4 heteroatoms. The lowest BCUT2D eigenvalue weighted by Crippen LogP contribution is -2.04. The Hall–Kier alpha value is -1.25. The number of rotatable bonds is 6. The lowest BCUT2D eigenvalue weighted by Gasteiger charge is -2.22. The summed E-state index contributed by atoms with van der Waals surface area (Å²) < 4.78 is 16.3. The minimum Gasteiger partial charge on any atom is -0.316 e. The summed E-state index contributed by atoms with van der Waals surface area (Å²) in [5, 5.41) is 0. The van der Waals surface area contributed by atoms with Crippen molar-refractivity contribution in [2.75, 3.05) is 14.2 Å². The van der Waals surface area contributed by atoms with Gasteiger partial charge in [-0.25, -0.2) is 0 Å². The maximum atomic E-state index is 5.94. The Morgan fingerprint density at radius 1 is 0.737 bits per heavy atom. The smallest absolute Gasteiger partial charge is 0.316 e. The van der Waals surface area contributed by atoms with Crippen molar-refractivity contribution in [3.05, 3.63) is 71.8 Å². The van der Waals surface area contributed by atoms with Gasteiger partial charge in [-0.05, 0) is 11.1 Å². The maximum Gasteiger partial charge on any atom is 0.333 e. The van der Waals surface area contributed by atoms with Crippen LogP contribution in [-0.2, 0) is 13.6 Å². The average Bonchev–Trinajstić information content (AvgIpc) is 2.50. The Balaban J connectivity index is 2.29. The summed E-state index contributed by atoms with van der Waals surface area (Å²) >= 11 is 0. The fourth-order valence-corrected chi connectivity index (χ4v) is 2.55. The van der Waals surface area contributed by atoms with E-state index in [0.29, 0.717) is 0 Å². The van der Waals surface area contributed by atoms with E-state index in [2.05, 4.69) is 0 Å². The second kappa shape index (κ2) is 7.37. The summed E-state index contributed by atoms with van der Waals surface area (Å²) in [5.74, 6) is 0. The molecule has 0 unspecified atom stereocenters. The van der Waals surface area contributed by atoms with Gasteiger partial charge in [0.15, 0.2) is 0 Å². The molecule has 0 saturated heterocycles. The summed E-state index contributed by atoms with van der Waals surface area (Å²) in [6.45, 7) is 0. The van der Waals surface area contributed by atoms with Gasteiger partial charge in [0, 0.05) is 14.2 Å². The summed E-state index contributed by atoms with van der Waals surface area (Å²) in [6.07, 6.45) is -0.187. The van der Waals surface area contributed by atoms with Gasteiger partial charge in [0.05, 0.1) is 0 Å². The van der Waals surface area contributed by atoms with Gasteiger partial charge in [-0.2, -0.15) is 0 Å². The highest BCUT2D eigenvalue weighted by molar-refractivity contribution is 7.41. The molecule has 0 N–H and O–H groups in total. The first-order valence-corrected chi connectivity index (χ1v) is 7.09. The SMILES string of the molecule is COP(OC)OC(c1ccccc1)c1ccccc1. The van der Waals surface area contributed by atoms with Crippen LogP contribution in [0.4, 0.5) is 0 Å². The molecular formula is C15H17O3P. The van der Waals surface area contributed by atoms with Gasteiger partial charge < -0.3 is 9.05 Å². The molecule has 0 spiro atoms. The van der Waals surface area contributed by atoms with E-state index in [1.165, 1.54) is 0 Å². The maximum absolute atomic E-state index is 5.94. The molecule has 2 aromatic rings. The minimum absolute atomic E-state index is 0.187. The van der Waals surface area contributed by atoms with Crippen LogP contribution in [0.3, 0.4) is 0 Å². The van der Waals surface area contributed by atoms with E-state index in [1.54, 1.807) is 14.2 Å². The topological polar surface area (TPSA) is 27.7 Å². The van der Waals surface area contributed by atoms with Crippen LogP contribution < -0.4 is 0 Å². The molecule has 0 bridgehead atoms. The van der Waals surface area contributed by atoms with Gasteiger partial charge in [0.1, 0.15) is 6.10 Å². The zero-order valence-electron chi connectivity index (χ0n) is 11.0. The lowest BCUT2D eigenvalue weighted by molar-refractivity contribution is 0.169. The molecule has 0 aliphatic heterocycles. The zero-order valence-corrected chi connectivity index (χ0v) is 11.9. The first kappa shape index (κ1) is 14.2. The molecule has 100 valence electrons. The van der Waals surface area contributed by atoms with E-state index in [-0.39, 0.29) is 6.10 Å². The molecule has 0 heterocycles. The van der Waals surface area contributed by atoms with Crippen LogP contribution in [0.15, 0.2) is 60.7 Å². The van der Waals surface area contributed by atoms with Gasteiger partial charge in [-0.1, -0.05) is 60.7 Å². The van der Waals surface area contributed by atoms with Crippen LogP contribution in [0.25, 0.3) is 0 Å². The van der Waals surface area contributed by atoms with Crippen LogP contribution in [0.5, 0.6) is 0 Å². The Labute approximate surface area is 115 Å². The Morgan fingerprint density at radius 3 is 1.53 bits per heavy atom. The molecule has 3 nitrogen and oxygen atoms in total. The Kier molecular flexibility index (Phi) is 5.49. The van der Waals surface area contributed by atoms with E-state index < -0.39 is 8.60 Å². The van der Waals surface area contributed by atoms with Crippen molar-refractivity contribution in [2.45, 2.75) is 6.10 Å².